The lowest BCUT2D eigenvalue weighted by Crippen LogP contribution is -2.24. The number of hydrogen-bond acceptors (Lipinski definition) is 0. The standard InChI is InChI=1S/C35H30/c1-3-28-29(4-2)35(32(24-15-7-5-8-16-24)25-17-9-6-10-18-25)33(26-19-11-12-20-26)31-23-27-21-13-14-22-30(27)34(28)31/h5-19,21-23H,3-4,20H2,1-2H3. The Bertz CT molecular complexity index is 1660. The van der Waals surface area contributed by atoms with Gasteiger partial charge in [-0.3, -0.25) is 0 Å². The van der Waals surface area contributed by atoms with Gasteiger partial charge in [0, 0.05) is 0 Å². The van der Waals surface area contributed by atoms with E-state index in [0.29, 0.717) is 0 Å². The minimum atomic E-state index is 0.981. The van der Waals surface area contributed by atoms with Crippen molar-refractivity contribution in [1.82, 2.24) is 0 Å². The van der Waals surface area contributed by atoms with Gasteiger partial charge in [-0.1, -0.05) is 117 Å². The third-order valence-corrected chi connectivity index (χ3v) is 7.46. The molecule has 0 atom stereocenters. The van der Waals surface area contributed by atoms with Gasteiger partial charge in [0.05, 0.1) is 0 Å². The molecule has 0 bridgehead atoms. The lowest BCUT2D eigenvalue weighted by Gasteiger charge is -2.21. The Morgan fingerprint density at radius 3 is 1.94 bits per heavy atom. The van der Waals surface area contributed by atoms with Gasteiger partial charge in [0.25, 0.3) is 0 Å². The summed E-state index contributed by atoms with van der Waals surface area (Å²) in [5, 5.41) is 5.59. The zero-order valence-electron chi connectivity index (χ0n) is 20.5. The molecule has 0 N–H and O–H groups in total. The van der Waals surface area contributed by atoms with E-state index in [1.54, 1.807) is 0 Å². The average molecular weight is 451 g/mol. The second kappa shape index (κ2) is 9.04. The van der Waals surface area contributed by atoms with Crippen molar-refractivity contribution in [3.63, 3.8) is 0 Å². The smallest absolute Gasteiger partial charge is 0.00296 e. The molecule has 0 radical (unpaired) electrons. The molecule has 6 rings (SSSR count). The quantitative estimate of drug-likeness (QED) is 0.275. The number of benzene rings is 4. The topological polar surface area (TPSA) is 0 Å². The summed E-state index contributed by atoms with van der Waals surface area (Å²) in [7, 11) is 0. The summed E-state index contributed by atoms with van der Waals surface area (Å²) in [4.78, 5) is 0. The van der Waals surface area contributed by atoms with Crippen LogP contribution in [-0.2, 0) is 12.8 Å². The van der Waals surface area contributed by atoms with Crippen LogP contribution in [0, 0.1) is 10.4 Å². The first-order chi connectivity index (χ1) is 17.3. The van der Waals surface area contributed by atoms with Crippen molar-refractivity contribution in [3.8, 4) is 0 Å². The van der Waals surface area contributed by atoms with Crippen molar-refractivity contribution in [3.05, 3.63) is 157 Å². The van der Waals surface area contributed by atoms with Crippen LogP contribution in [0.5, 0.6) is 0 Å². The van der Waals surface area contributed by atoms with E-state index >= 15 is 0 Å². The molecule has 0 heteroatoms. The van der Waals surface area contributed by atoms with Gasteiger partial charge in [-0.15, -0.1) is 0 Å². The van der Waals surface area contributed by atoms with Crippen LogP contribution < -0.4 is 10.4 Å². The molecule has 4 aromatic carbocycles. The van der Waals surface area contributed by atoms with Crippen LogP contribution in [0.2, 0.25) is 0 Å². The maximum atomic E-state index is 2.44. The maximum absolute atomic E-state index is 2.44. The normalized spacial score (nSPS) is 13.3. The second-order valence-corrected chi connectivity index (χ2v) is 9.37. The molecule has 0 unspecified atom stereocenters. The number of allylic oxidation sites excluding steroid dienone is 4. The molecule has 2 aliphatic rings. The highest BCUT2D eigenvalue weighted by Gasteiger charge is 2.23. The summed E-state index contributed by atoms with van der Waals surface area (Å²) in [6, 6.07) is 30.9. The molecular formula is C35H30. The molecule has 0 fully saturated rings. The van der Waals surface area contributed by atoms with Crippen molar-refractivity contribution in [2.24, 2.45) is 0 Å². The largest absolute Gasteiger partial charge is 0.0801 e. The molecule has 0 spiro atoms. The van der Waals surface area contributed by atoms with Crippen LogP contribution in [0.25, 0.3) is 17.2 Å². The van der Waals surface area contributed by atoms with E-state index in [0.717, 1.165) is 19.3 Å². The van der Waals surface area contributed by atoms with Crippen LogP contribution in [0.4, 0.5) is 0 Å². The number of hydrogen-bond donors (Lipinski definition) is 0. The van der Waals surface area contributed by atoms with E-state index in [-0.39, 0.29) is 0 Å². The third kappa shape index (κ3) is 3.53. The second-order valence-electron chi connectivity index (χ2n) is 9.37. The Kier molecular flexibility index (Phi) is 5.58. The molecular weight excluding hydrogens is 420 g/mol. The Labute approximate surface area is 207 Å². The zero-order valence-corrected chi connectivity index (χ0v) is 20.5. The summed E-state index contributed by atoms with van der Waals surface area (Å²) in [5.74, 6) is 0. The third-order valence-electron chi connectivity index (χ3n) is 7.46. The molecule has 0 saturated heterocycles. The highest BCUT2D eigenvalue weighted by atomic mass is 14.3. The highest BCUT2D eigenvalue weighted by Crippen LogP contribution is 2.32. The summed E-state index contributed by atoms with van der Waals surface area (Å²) < 4.78 is 0. The van der Waals surface area contributed by atoms with Crippen LogP contribution in [-0.4, -0.2) is 0 Å². The Morgan fingerprint density at radius 1 is 0.714 bits per heavy atom. The van der Waals surface area contributed by atoms with Crippen molar-refractivity contribution < 1.29 is 0 Å². The van der Waals surface area contributed by atoms with Gasteiger partial charge >= 0.3 is 0 Å². The summed E-state index contributed by atoms with van der Waals surface area (Å²) >= 11 is 0. The fraction of sp³-hybridized carbons (Fsp3) is 0.143. The van der Waals surface area contributed by atoms with Crippen molar-refractivity contribution in [2.45, 2.75) is 33.1 Å². The minimum absolute atomic E-state index is 0.981. The average Bonchev–Trinajstić information content (AvgIpc) is 3.58. The molecule has 0 aromatic heterocycles. The summed E-state index contributed by atoms with van der Waals surface area (Å²) in [6.45, 7) is 4.65. The zero-order chi connectivity index (χ0) is 23.8. The van der Waals surface area contributed by atoms with Gasteiger partial charge in [0.1, 0.15) is 0 Å². The molecule has 2 aliphatic carbocycles. The monoisotopic (exact) mass is 450 g/mol. The van der Waals surface area contributed by atoms with Gasteiger partial charge < -0.3 is 0 Å². The summed E-state index contributed by atoms with van der Waals surface area (Å²) in [5.41, 5.74) is 11.1. The van der Waals surface area contributed by atoms with Crippen molar-refractivity contribution in [2.75, 3.05) is 0 Å². The van der Waals surface area contributed by atoms with E-state index in [9.17, 15) is 0 Å². The van der Waals surface area contributed by atoms with Crippen LogP contribution >= 0.6 is 0 Å². The van der Waals surface area contributed by atoms with Gasteiger partial charge in [0.2, 0.25) is 0 Å². The van der Waals surface area contributed by atoms with Crippen LogP contribution in [0.15, 0.2) is 103 Å². The molecule has 4 aromatic rings. The molecule has 0 amide bonds. The van der Waals surface area contributed by atoms with Gasteiger partial charge in [-0.05, 0) is 90.7 Å². The van der Waals surface area contributed by atoms with Gasteiger partial charge in [-0.25, -0.2) is 0 Å². The minimum Gasteiger partial charge on any atom is -0.0801 e. The molecule has 0 aliphatic heterocycles. The highest BCUT2D eigenvalue weighted by molar-refractivity contribution is 5.88. The first-order valence-electron chi connectivity index (χ1n) is 12.8. The lowest BCUT2D eigenvalue weighted by molar-refractivity contribution is 1.00. The predicted molar refractivity (Wildman–Crippen MR) is 148 cm³/mol. The molecule has 170 valence electrons. The SMILES string of the molecule is CCc1c(CC)c2c(c(C3=CC=CC3)c1=C(c1ccccc1)c1ccccc1)C=c1ccccc1=2. The molecule has 0 heterocycles. The summed E-state index contributed by atoms with van der Waals surface area (Å²) in [6.07, 6.45) is 12.3. The fourth-order valence-corrected chi connectivity index (χ4v) is 6.02. The van der Waals surface area contributed by atoms with E-state index in [1.165, 1.54) is 65.4 Å². The molecule has 35 heavy (non-hydrogen) atoms. The maximum Gasteiger partial charge on any atom is -0.00296 e. The van der Waals surface area contributed by atoms with Crippen molar-refractivity contribution >= 4 is 17.2 Å². The molecule has 0 saturated carbocycles. The first-order valence-corrected chi connectivity index (χ1v) is 12.8. The fourth-order valence-electron chi connectivity index (χ4n) is 6.02. The van der Waals surface area contributed by atoms with Crippen molar-refractivity contribution in [1.29, 1.82) is 0 Å². The van der Waals surface area contributed by atoms with Crippen LogP contribution in [0.1, 0.15) is 53.6 Å². The van der Waals surface area contributed by atoms with Gasteiger partial charge in [0.15, 0.2) is 0 Å². The van der Waals surface area contributed by atoms with E-state index < -0.39 is 0 Å². The first kappa shape index (κ1) is 21.6. The van der Waals surface area contributed by atoms with E-state index in [4.69, 9.17) is 0 Å². The Hall–Kier alpha value is -3.90. The van der Waals surface area contributed by atoms with E-state index in [1.807, 2.05) is 0 Å². The van der Waals surface area contributed by atoms with Gasteiger partial charge in [-0.2, -0.15) is 0 Å². The predicted octanol–water partition coefficient (Wildman–Crippen LogP) is 6.83. The van der Waals surface area contributed by atoms with E-state index in [2.05, 4.69) is 123 Å². The lowest BCUT2D eigenvalue weighted by atomic mass is 9.82. The Balaban J connectivity index is 1.94. The molecule has 0 nitrogen and oxygen atoms in total. The number of fused-ring (bicyclic) bond motifs is 2. The Morgan fingerprint density at radius 2 is 1.34 bits per heavy atom. The number of rotatable bonds is 5. The van der Waals surface area contributed by atoms with Crippen LogP contribution in [0.3, 0.4) is 0 Å².